The van der Waals surface area contributed by atoms with Gasteiger partial charge in [0.15, 0.2) is 0 Å². The smallest absolute Gasteiger partial charge is 0.416 e. The molecule has 2 rings (SSSR count). The van der Waals surface area contributed by atoms with E-state index in [2.05, 4.69) is 22.2 Å². The first kappa shape index (κ1) is 23.6. The molecule has 5 nitrogen and oxygen atoms in total. The molecular formula is C22H28F3N3O2. The van der Waals surface area contributed by atoms with Crippen LogP contribution in [-0.4, -0.2) is 22.5 Å². The predicted molar refractivity (Wildman–Crippen MR) is 109 cm³/mol. The monoisotopic (exact) mass is 423 g/mol. The number of anilines is 1. The van der Waals surface area contributed by atoms with Crippen LogP contribution >= 0.6 is 0 Å². The number of hydrogen-bond acceptors (Lipinski definition) is 5. The van der Waals surface area contributed by atoms with Crippen LogP contribution in [0, 0.1) is 0 Å². The summed E-state index contributed by atoms with van der Waals surface area (Å²) in [5, 5.41) is 2.99. The zero-order valence-corrected chi connectivity index (χ0v) is 17.6. The van der Waals surface area contributed by atoms with E-state index in [0.717, 1.165) is 37.8 Å². The topological polar surface area (TPSA) is 64.1 Å². The average molecular weight is 423 g/mol. The maximum absolute atomic E-state index is 13.0. The second kappa shape index (κ2) is 10.9. The van der Waals surface area contributed by atoms with Gasteiger partial charge in [0.05, 0.1) is 12.2 Å². The number of esters is 1. The van der Waals surface area contributed by atoms with Crippen molar-refractivity contribution in [1.29, 1.82) is 0 Å². The van der Waals surface area contributed by atoms with Crippen molar-refractivity contribution < 1.29 is 22.7 Å². The van der Waals surface area contributed by atoms with E-state index in [9.17, 15) is 18.0 Å². The predicted octanol–water partition coefficient (Wildman–Crippen LogP) is 5.97. The summed E-state index contributed by atoms with van der Waals surface area (Å²) in [7, 11) is 0. The molecule has 0 fully saturated rings. The fourth-order valence-corrected chi connectivity index (χ4v) is 3.00. The van der Waals surface area contributed by atoms with Crippen LogP contribution in [0.4, 0.5) is 19.0 Å². The van der Waals surface area contributed by atoms with Gasteiger partial charge in [0.25, 0.3) is 0 Å². The second-order valence-electron chi connectivity index (χ2n) is 7.16. The van der Waals surface area contributed by atoms with Crippen LogP contribution in [0.1, 0.15) is 79.7 Å². The lowest BCUT2D eigenvalue weighted by molar-refractivity contribution is -0.137. The first-order valence-electron chi connectivity index (χ1n) is 10.2. The van der Waals surface area contributed by atoms with E-state index < -0.39 is 17.7 Å². The Labute approximate surface area is 175 Å². The van der Waals surface area contributed by atoms with Gasteiger partial charge in [0, 0.05) is 18.7 Å². The molecule has 30 heavy (non-hydrogen) atoms. The molecule has 1 atom stereocenters. The molecule has 1 unspecified atom stereocenters. The summed E-state index contributed by atoms with van der Waals surface area (Å²) in [6, 6.07) is 5.04. The van der Waals surface area contributed by atoms with Gasteiger partial charge in [-0.05, 0) is 31.0 Å². The summed E-state index contributed by atoms with van der Waals surface area (Å²) in [6.45, 7) is 6.12. The summed E-state index contributed by atoms with van der Waals surface area (Å²) in [5.41, 5.74) is -0.135. The molecule has 0 amide bonds. The third-order valence-corrected chi connectivity index (χ3v) is 4.70. The van der Waals surface area contributed by atoms with Crippen LogP contribution in [0.25, 0.3) is 0 Å². The standard InChI is InChI=1S/C22H28F3N3O2/c1-4-6-7-9-15(3)19-27-14-18(21(29)30-5-2)20(28-19)26-13-16-10-8-11-17(12-16)22(23,24)25/h8,10-12,14-15H,4-7,9,13H2,1-3H3,(H,26,27,28). The van der Waals surface area contributed by atoms with Gasteiger partial charge in [-0.1, -0.05) is 45.2 Å². The van der Waals surface area contributed by atoms with E-state index in [1.54, 1.807) is 13.0 Å². The number of rotatable bonds is 10. The fourth-order valence-electron chi connectivity index (χ4n) is 3.00. The van der Waals surface area contributed by atoms with E-state index in [-0.39, 0.29) is 30.5 Å². The van der Waals surface area contributed by atoms with Gasteiger partial charge in [-0.25, -0.2) is 14.8 Å². The lowest BCUT2D eigenvalue weighted by atomic mass is 10.0. The largest absolute Gasteiger partial charge is 0.462 e. The molecule has 8 heteroatoms. The Morgan fingerprint density at radius 2 is 2.00 bits per heavy atom. The van der Waals surface area contributed by atoms with E-state index in [0.29, 0.717) is 11.4 Å². The summed E-state index contributed by atoms with van der Waals surface area (Å²) in [6.07, 6.45) is 1.20. The zero-order valence-electron chi connectivity index (χ0n) is 17.6. The Bertz CT molecular complexity index is 841. The Morgan fingerprint density at radius 1 is 1.23 bits per heavy atom. The number of benzene rings is 1. The summed E-state index contributed by atoms with van der Waals surface area (Å²) in [4.78, 5) is 21.1. The number of nitrogens with one attached hydrogen (secondary N) is 1. The van der Waals surface area contributed by atoms with Crippen molar-refractivity contribution in [3.05, 3.63) is 53.0 Å². The van der Waals surface area contributed by atoms with Crippen LogP contribution in [0.15, 0.2) is 30.5 Å². The Balaban J connectivity index is 2.24. The number of unbranched alkanes of at least 4 members (excludes halogenated alkanes) is 2. The summed E-state index contributed by atoms with van der Waals surface area (Å²) >= 11 is 0. The van der Waals surface area contributed by atoms with E-state index in [4.69, 9.17) is 4.74 Å². The third kappa shape index (κ3) is 6.71. The van der Waals surface area contributed by atoms with Crippen molar-refractivity contribution >= 4 is 11.8 Å². The molecule has 1 heterocycles. The lowest BCUT2D eigenvalue weighted by Crippen LogP contribution is -2.15. The number of hydrogen-bond donors (Lipinski definition) is 1. The highest BCUT2D eigenvalue weighted by Gasteiger charge is 2.30. The first-order chi connectivity index (χ1) is 14.3. The molecule has 0 aliphatic rings. The van der Waals surface area contributed by atoms with Crippen molar-refractivity contribution in [1.82, 2.24) is 9.97 Å². The van der Waals surface area contributed by atoms with Crippen molar-refractivity contribution in [3.63, 3.8) is 0 Å². The molecule has 164 valence electrons. The third-order valence-electron chi connectivity index (χ3n) is 4.70. The van der Waals surface area contributed by atoms with Crippen molar-refractivity contribution in [2.45, 2.75) is 65.1 Å². The van der Waals surface area contributed by atoms with Gasteiger partial charge < -0.3 is 10.1 Å². The van der Waals surface area contributed by atoms with Gasteiger partial charge in [0.2, 0.25) is 0 Å². The molecule has 0 saturated heterocycles. The van der Waals surface area contributed by atoms with E-state index in [1.807, 2.05) is 6.92 Å². The molecule has 1 aromatic heterocycles. The molecule has 1 aromatic carbocycles. The molecule has 0 saturated carbocycles. The van der Waals surface area contributed by atoms with Gasteiger partial charge in [-0.3, -0.25) is 0 Å². The first-order valence-corrected chi connectivity index (χ1v) is 10.2. The van der Waals surface area contributed by atoms with Crippen LogP contribution in [0.3, 0.4) is 0 Å². The molecule has 1 N–H and O–H groups in total. The van der Waals surface area contributed by atoms with Gasteiger partial charge in [-0.2, -0.15) is 13.2 Å². The van der Waals surface area contributed by atoms with Gasteiger partial charge in [0.1, 0.15) is 17.2 Å². The number of alkyl halides is 3. The summed E-state index contributed by atoms with van der Waals surface area (Å²) in [5.74, 6) is 0.375. The minimum absolute atomic E-state index is 0.0804. The van der Waals surface area contributed by atoms with Crippen molar-refractivity contribution in [3.8, 4) is 0 Å². The second-order valence-corrected chi connectivity index (χ2v) is 7.16. The quantitative estimate of drug-likeness (QED) is 0.377. The highest BCUT2D eigenvalue weighted by molar-refractivity contribution is 5.94. The molecule has 0 aliphatic carbocycles. The average Bonchev–Trinajstić information content (AvgIpc) is 2.72. The van der Waals surface area contributed by atoms with Crippen LogP contribution in [0.5, 0.6) is 0 Å². The SMILES string of the molecule is CCCCCC(C)c1ncc(C(=O)OCC)c(NCc2cccc(C(F)(F)F)c2)n1. The number of ether oxygens (including phenoxy) is 1. The Kier molecular flexibility index (Phi) is 8.62. The minimum Gasteiger partial charge on any atom is -0.462 e. The maximum Gasteiger partial charge on any atom is 0.416 e. The van der Waals surface area contributed by atoms with Gasteiger partial charge >= 0.3 is 12.1 Å². The van der Waals surface area contributed by atoms with E-state index in [1.165, 1.54) is 12.3 Å². The molecule has 0 aliphatic heterocycles. The lowest BCUT2D eigenvalue weighted by Gasteiger charge is -2.15. The number of nitrogens with zero attached hydrogens (tertiary/aromatic N) is 2. The summed E-state index contributed by atoms with van der Waals surface area (Å²) < 4.78 is 43.9. The molecular weight excluding hydrogens is 395 g/mol. The van der Waals surface area contributed by atoms with Crippen molar-refractivity contribution in [2.75, 3.05) is 11.9 Å². The van der Waals surface area contributed by atoms with Crippen LogP contribution in [0.2, 0.25) is 0 Å². The fraction of sp³-hybridized carbons (Fsp3) is 0.500. The van der Waals surface area contributed by atoms with Crippen LogP contribution in [-0.2, 0) is 17.5 Å². The minimum atomic E-state index is -4.41. The molecule has 0 spiro atoms. The number of aromatic nitrogens is 2. The number of carbonyl (C=O) groups is 1. The Hall–Kier alpha value is -2.64. The number of carbonyl (C=O) groups excluding carboxylic acids is 1. The van der Waals surface area contributed by atoms with Crippen LogP contribution < -0.4 is 5.32 Å². The highest BCUT2D eigenvalue weighted by Crippen LogP contribution is 2.30. The molecule has 2 aromatic rings. The normalized spacial score (nSPS) is 12.5. The zero-order chi connectivity index (χ0) is 22.1. The highest BCUT2D eigenvalue weighted by atomic mass is 19.4. The Morgan fingerprint density at radius 3 is 2.67 bits per heavy atom. The van der Waals surface area contributed by atoms with Gasteiger partial charge in [-0.15, -0.1) is 0 Å². The molecule has 0 bridgehead atoms. The van der Waals surface area contributed by atoms with E-state index >= 15 is 0 Å². The van der Waals surface area contributed by atoms with Crippen molar-refractivity contribution in [2.24, 2.45) is 0 Å². The maximum atomic E-state index is 13.0. The molecule has 0 radical (unpaired) electrons. The number of halogens is 3.